The zero-order valence-electron chi connectivity index (χ0n) is 16.4. The zero-order chi connectivity index (χ0) is 21.6. The van der Waals surface area contributed by atoms with Crippen LogP contribution in [-0.4, -0.2) is 35.1 Å². The zero-order valence-corrected chi connectivity index (χ0v) is 16.4. The summed E-state index contributed by atoms with van der Waals surface area (Å²) in [6, 6.07) is 8.68. The Morgan fingerprint density at radius 1 is 1.10 bits per heavy atom. The van der Waals surface area contributed by atoms with Gasteiger partial charge < -0.3 is 9.64 Å². The highest BCUT2D eigenvalue weighted by Gasteiger charge is 2.35. The lowest BCUT2D eigenvalue weighted by Gasteiger charge is -2.39. The van der Waals surface area contributed by atoms with Gasteiger partial charge in [-0.2, -0.15) is 13.2 Å². The van der Waals surface area contributed by atoms with E-state index in [1.165, 1.54) is 12.1 Å². The van der Waals surface area contributed by atoms with Crippen molar-refractivity contribution in [3.63, 3.8) is 0 Å². The molecular formula is C22H24F4N2O2. The number of hydrogen-bond donors (Lipinski definition) is 0. The minimum absolute atomic E-state index is 0.0524. The average Bonchev–Trinajstić information content (AvgIpc) is 2.72. The molecule has 2 heterocycles. The molecule has 8 heteroatoms. The molecule has 162 valence electrons. The van der Waals surface area contributed by atoms with Crippen molar-refractivity contribution in [3.05, 3.63) is 65.7 Å². The van der Waals surface area contributed by atoms with Crippen molar-refractivity contribution in [3.8, 4) is 0 Å². The van der Waals surface area contributed by atoms with Crippen LogP contribution in [0.3, 0.4) is 0 Å². The fourth-order valence-electron chi connectivity index (χ4n) is 3.70. The number of pyridine rings is 1. The van der Waals surface area contributed by atoms with E-state index < -0.39 is 30.6 Å². The molecule has 0 spiro atoms. The summed E-state index contributed by atoms with van der Waals surface area (Å²) in [6.45, 7) is 0.377. The van der Waals surface area contributed by atoms with Crippen LogP contribution in [0.5, 0.6) is 0 Å². The molecule has 1 aliphatic heterocycles. The van der Waals surface area contributed by atoms with Gasteiger partial charge in [-0.25, -0.2) is 4.39 Å². The van der Waals surface area contributed by atoms with Crippen molar-refractivity contribution in [2.24, 2.45) is 0 Å². The van der Waals surface area contributed by atoms with Gasteiger partial charge in [0, 0.05) is 44.0 Å². The lowest BCUT2D eigenvalue weighted by atomic mass is 9.93. The lowest BCUT2D eigenvalue weighted by Crippen LogP contribution is -2.41. The van der Waals surface area contributed by atoms with Crippen LogP contribution in [0.2, 0.25) is 0 Å². The molecule has 0 bridgehead atoms. The molecular weight excluding hydrogens is 400 g/mol. The summed E-state index contributed by atoms with van der Waals surface area (Å²) < 4.78 is 57.1. The minimum atomic E-state index is -4.26. The topological polar surface area (TPSA) is 42.4 Å². The molecule has 0 N–H and O–H groups in total. The Bertz CT molecular complexity index is 812. The number of nitrogens with zero attached hydrogens (tertiary/aromatic N) is 2. The van der Waals surface area contributed by atoms with E-state index in [1.54, 1.807) is 41.6 Å². The predicted octanol–water partition coefficient (Wildman–Crippen LogP) is 5.37. The molecule has 0 unspecified atom stereocenters. The molecule has 1 aromatic heterocycles. The van der Waals surface area contributed by atoms with Crippen molar-refractivity contribution in [1.29, 1.82) is 0 Å². The number of likely N-dealkylation sites (tertiary alicyclic amines) is 1. The van der Waals surface area contributed by atoms with Crippen molar-refractivity contribution < 1.29 is 27.1 Å². The van der Waals surface area contributed by atoms with E-state index in [-0.39, 0.29) is 18.9 Å². The molecule has 0 radical (unpaired) electrons. The molecule has 30 heavy (non-hydrogen) atoms. The third-order valence-corrected chi connectivity index (χ3v) is 5.11. The molecule has 4 nitrogen and oxygen atoms in total. The first-order chi connectivity index (χ1) is 14.3. The smallest absolute Gasteiger partial charge is 0.371 e. The molecule has 0 saturated carbocycles. The highest BCUT2D eigenvalue weighted by molar-refractivity contribution is 5.77. The van der Waals surface area contributed by atoms with E-state index in [9.17, 15) is 22.4 Å². The third kappa shape index (κ3) is 6.01. The number of rotatable bonds is 8. The summed E-state index contributed by atoms with van der Waals surface area (Å²) in [7, 11) is 0. The number of benzene rings is 1. The Kier molecular flexibility index (Phi) is 7.42. The van der Waals surface area contributed by atoms with Gasteiger partial charge in [0.25, 0.3) is 0 Å². The number of piperidine rings is 1. The van der Waals surface area contributed by atoms with E-state index in [1.807, 2.05) is 0 Å². The van der Waals surface area contributed by atoms with Gasteiger partial charge in [0.05, 0.1) is 6.04 Å². The van der Waals surface area contributed by atoms with Gasteiger partial charge in [0.2, 0.25) is 5.91 Å². The van der Waals surface area contributed by atoms with Crippen LogP contribution in [0.25, 0.3) is 0 Å². The standard InChI is InChI=1S/C22H24F4N2O2/c23-18-9-7-16(8-10-18)20(28-13-2-1-6-19(28)29)21(17-5-3-12-27-15-17)30-14-4-11-22(24,25)26/h3,5,7-10,12,15,20-21H,1-2,4,6,11,13-14H2/t20-,21+/m0/s1. The van der Waals surface area contributed by atoms with Crippen LogP contribution >= 0.6 is 0 Å². The Balaban J connectivity index is 1.93. The van der Waals surface area contributed by atoms with Gasteiger partial charge in [0.15, 0.2) is 0 Å². The molecule has 1 amide bonds. The largest absolute Gasteiger partial charge is 0.389 e. The molecule has 1 aromatic carbocycles. The first-order valence-corrected chi connectivity index (χ1v) is 9.98. The quantitative estimate of drug-likeness (QED) is 0.422. The Morgan fingerprint density at radius 3 is 2.50 bits per heavy atom. The van der Waals surface area contributed by atoms with Crippen LogP contribution in [0, 0.1) is 5.82 Å². The SMILES string of the molecule is O=C1CCCCN1[C@@H](c1ccc(F)cc1)[C@H](OCCCC(F)(F)F)c1cccnc1. The van der Waals surface area contributed by atoms with Crippen molar-refractivity contribution in [2.45, 2.75) is 50.4 Å². The van der Waals surface area contributed by atoms with Crippen LogP contribution in [-0.2, 0) is 9.53 Å². The summed E-state index contributed by atoms with van der Waals surface area (Å²) in [6.07, 6.45) is -0.951. The number of ether oxygens (including phenoxy) is 1. The monoisotopic (exact) mass is 424 g/mol. The second kappa shape index (κ2) is 10.0. The maximum atomic E-state index is 13.5. The lowest BCUT2D eigenvalue weighted by molar-refractivity contribution is -0.144. The first kappa shape index (κ1) is 22.2. The fraction of sp³-hybridized carbons (Fsp3) is 0.455. The summed E-state index contributed by atoms with van der Waals surface area (Å²) in [5.74, 6) is -0.463. The molecule has 0 aliphatic carbocycles. The maximum Gasteiger partial charge on any atom is 0.389 e. The van der Waals surface area contributed by atoms with E-state index in [2.05, 4.69) is 4.98 Å². The number of carbonyl (C=O) groups excluding carboxylic acids is 1. The number of hydrogen-bond acceptors (Lipinski definition) is 3. The third-order valence-electron chi connectivity index (χ3n) is 5.11. The fourth-order valence-corrected chi connectivity index (χ4v) is 3.70. The summed E-state index contributed by atoms with van der Waals surface area (Å²) >= 11 is 0. The Hall–Kier alpha value is -2.48. The Morgan fingerprint density at radius 2 is 1.87 bits per heavy atom. The van der Waals surface area contributed by atoms with Crippen LogP contribution in [0.15, 0.2) is 48.8 Å². The van der Waals surface area contributed by atoms with Crippen LogP contribution in [0.1, 0.15) is 55.4 Å². The van der Waals surface area contributed by atoms with E-state index in [0.717, 1.165) is 12.8 Å². The van der Waals surface area contributed by atoms with Gasteiger partial charge in [-0.05, 0) is 43.0 Å². The van der Waals surface area contributed by atoms with E-state index in [0.29, 0.717) is 24.1 Å². The molecule has 1 aliphatic rings. The van der Waals surface area contributed by atoms with Gasteiger partial charge in [-0.1, -0.05) is 18.2 Å². The molecule has 2 atom stereocenters. The van der Waals surface area contributed by atoms with Crippen LogP contribution in [0.4, 0.5) is 17.6 Å². The Labute approximate surface area is 172 Å². The second-order valence-corrected chi connectivity index (χ2v) is 7.34. The van der Waals surface area contributed by atoms with E-state index >= 15 is 0 Å². The number of amides is 1. The number of carbonyl (C=O) groups is 1. The summed E-state index contributed by atoms with van der Waals surface area (Å²) in [5, 5.41) is 0. The average molecular weight is 424 g/mol. The molecule has 1 saturated heterocycles. The van der Waals surface area contributed by atoms with Crippen LogP contribution < -0.4 is 0 Å². The van der Waals surface area contributed by atoms with Gasteiger partial charge in [0.1, 0.15) is 11.9 Å². The molecule has 3 rings (SSSR count). The molecule has 1 fully saturated rings. The van der Waals surface area contributed by atoms with Gasteiger partial charge in [-0.15, -0.1) is 0 Å². The van der Waals surface area contributed by atoms with Crippen molar-refractivity contribution in [2.75, 3.05) is 13.2 Å². The summed E-state index contributed by atoms with van der Waals surface area (Å²) in [4.78, 5) is 18.5. The minimum Gasteiger partial charge on any atom is -0.371 e. The first-order valence-electron chi connectivity index (χ1n) is 9.98. The summed E-state index contributed by atoms with van der Waals surface area (Å²) in [5.41, 5.74) is 1.31. The maximum absolute atomic E-state index is 13.5. The number of aromatic nitrogens is 1. The van der Waals surface area contributed by atoms with Crippen molar-refractivity contribution in [1.82, 2.24) is 9.88 Å². The highest BCUT2D eigenvalue weighted by Crippen LogP contribution is 2.39. The normalized spacial score (nSPS) is 17.1. The number of halogens is 4. The second-order valence-electron chi connectivity index (χ2n) is 7.34. The van der Waals surface area contributed by atoms with E-state index in [4.69, 9.17) is 4.74 Å². The predicted molar refractivity (Wildman–Crippen MR) is 103 cm³/mol. The number of alkyl halides is 3. The van der Waals surface area contributed by atoms with Gasteiger partial charge in [-0.3, -0.25) is 9.78 Å². The highest BCUT2D eigenvalue weighted by atomic mass is 19.4. The molecule has 2 aromatic rings. The van der Waals surface area contributed by atoms with Gasteiger partial charge >= 0.3 is 6.18 Å². The van der Waals surface area contributed by atoms with Crippen molar-refractivity contribution >= 4 is 5.91 Å².